The number of carbonyl (C=O) groups is 2. The summed E-state index contributed by atoms with van der Waals surface area (Å²) in [6, 6.07) is 7.59. The van der Waals surface area contributed by atoms with Crippen molar-refractivity contribution in [3.05, 3.63) is 24.3 Å². The largest absolute Gasteiger partial charge is 0.494 e. The fourth-order valence-electron chi connectivity index (χ4n) is 2.59. The molecule has 23 heavy (non-hydrogen) atoms. The lowest BCUT2D eigenvalue weighted by Crippen LogP contribution is -2.36. The van der Waals surface area contributed by atoms with Crippen molar-refractivity contribution in [2.75, 3.05) is 18.1 Å². The van der Waals surface area contributed by atoms with Crippen molar-refractivity contribution in [1.29, 1.82) is 0 Å². The van der Waals surface area contributed by atoms with Crippen LogP contribution in [0.4, 0.5) is 5.69 Å². The van der Waals surface area contributed by atoms with E-state index >= 15 is 0 Å². The first-order valence-electron chi connectivity index (χ1n) is 8.35. The smallest absolute Gasteiger partial charge is 0.227 e. The zero-order valence-corrected chi connectivity index (χ0v) is 14.2. The van der Waals surface area contributed by atoms with Crippen LogP contribution in [0.15, 0.2) is 24.3 Å². The van der Waals surface area contributed by atoms with Crippen LogP contribution < -0.4 is 15.0 Å². The van der Waals surface area contributed by atoms with Gasteiger partial charge in [0, 0.05) is 24.7 Å². The zero-order valence-electron chi connectivity index (χ0n) is 14.2. The van der Waals surface area contributed by atoms with E-state index in [0.29, 0.717) is 13.2 Å². The average Bonchev–Trinajstić information content (AvgIpc) is 2.90. The minimum atomic E-state index is -0.273. The highest BCUT2D eigenvalue weighted by molar-refractivity contribution is 6.00. The summed E-state index contributed by atoms with van der Waals surface area (Å²) in [6.07, 6.45) is 2.40. The molecule has 2 amide bonds. The summed E-state index contributed by atoms with van der Waals surface area (Å²) < 4.78 is 5.63. The Bertz CT molecular complexity index is 540. The molecule has 1 N–H and O–H groups in total. The number of nitrogens with one attached hydrogen (secondary N) is 1. The molecule has 5 heteroatoms. The van der Waals surface area contributed by atoms with E-state index in [1.54, 1.807) is 4.90 Å². The molecule has 0 aliphatic carbocycles. The Kier molecular flexibility index (Phi) is 6.02. The first kappa shape index (κ1) is 17.3. The van der Waals surface area contributed by atoms with Crippen LogP contribution in [-0.2, 0) is 9.59 Å². The molecule has 0 unspecified atom stereocenters. The molecular formula is C18H26N2O3. The molecule has 2 rings (SSSR count). The number of nitrogens with zero attached hydrogens (tertiary/aromatic N) is 1. The van der Waals surface area contributed by atoms with Gasteiger partial charge in [-0.05, 0) is 44.5 Å². The lowest BCUT2D eigenvalue weighted by atomic mass is 10.1. The molecule has 1 heterocycles. The molecular weight excluding hydrogens is 292 g/mol. The maximum Gasteiger partial charge on any atom is 0.227 e. The highest BCUT2D eigenvalue weighted by Gasteiger charge is 2.35. The quantitative estimate of drug-likeness (QED) is 0.787. The van der Waals surface area contributed by atoms with Crippen LogP contribution >= 0.6 is 0 Å². The number of rotatable bonds is 7. The minimum absolute atomic E-state index is 0.00597. The first-order valence-corrected chi connectivity index (χ1v) is 8.35. The fraction of sp³-hybridized carbons (Fsp3) is 0.556. The molecule has 1 atom stereocenters. The third kappa shape index (κ3) is 4.71. The summed E-state index contributed by atoms with van der Waals surface area (Å²) in [4.78, 5) is 25.9. The molecule has 1 aliphatic heterocycles. The van der Waals surface area contributed by atoms with Crippen LogP contribution in [0.1, 0.15) is 40.0 Å². The highest BCUT2D eigenvalue weighted by atomic mass is 16.5. The second-order valence-corrected chi connectivity index (χ2v) is 6.26. The molecule has 1 aromatic rings. The Hall–Kier alpha value is -2.04. The predicted octanol–water partition coefficient (Wildman–Crippen LogP) is 2.74. The number of hydrogen-bond donors (Lipinski definition) is 1. The third-order valence-corrected chi connectivity index (χ3v) is 3.84. The minimum Gasteiger partial charge on any atom is -0.494 e. The van der Waals surface area contributed by atoms with Gasteiger partial charge in [0.15, 0.2) is 0 Å². The van der Waals surface area contributed by atoms with E-state index in [1.165, 1.54) is 0 Å². The zero-order chi connectivity index (χ0) is 16.8. The fourth-order valence-corrected chi connectivity index (χ4v) is 2.59. The molecule has 0 saturated carbocycles. The van der Waals surface area contributed by atoms with E-state index in [0.717, 1.165) is 24.3 Å². The van der Waals surface area contributed by atoms with Crippen molar-refractivity contribution in [2.45, 2.75) is 46.1 Å². The van der Waals surface area contributed by atoms with Crippen molar-refractivity contribution in [2.24, 2.45) is 5.92 Å². The Morgan fingerprint density at radius 1 is 1.35 bits per heavy atom. The Balaban J connectivity index is 1.96. The number of anilines is 1. The van der Waals surface area contributed by atoms with E-state index in [4.69, 9.17) is 4.74 Å². The summed E-state index contributed by atoms with van der Waals surface area (Å²) in [6.45, 7) is 7.11. The van der Waals surface area contributed by atoms with Gasteiger partial charge in [-0.15, -0.1) is 0 Å². The Morgan fingerprint density at radius 2 is 2.04 bits per heavy atom. The number of ether oxygens (including phenoxy) is 1. The van der Waals surface area contributed by atoms with Crippen molar-refractivity contribution in [1.82, 2.24) is 5.32 Å². The van der Waals surface area contributed by atoms with E-state index in [9.17, 15) is 9.59 Å². The highest BCUT2D eigenvalue weighted by Crippen LogP contribution is 2.27. The molecule has 5 nitrogen and oxygen atoms in total. The molecule has 0 bridgehead atoms. The van der Waals surface area contributed by atoms with Gasteiger partial charge in [0.2, 0.25) is 11.8 Å². The van der Waals surface area contributed by atoms with Crippen LogP contribution in [0.25, 0.3) is 0 Å². The van der Waals surface area contributed by atoms with E-state index < -0.39 is 0 Å². The normalized spacial score (nSPS) is 17.7. The number of amides is 2. The summed E-state index contributed by atoms with van der Waals surface area (Å²) in [5.41, 5.74) is 0.817. The molecule has 126 valence electrons. The topological polar surface area (TPSA) is 58.6 Å². The van der Waals surface area contributed by atoms with Gasteiger partial charge in [0.1, 0.15) is 5.75 Å². The summed E-state index contributed by atoms with van der Waals surface area (Å²) in [5, 5.41) is 2.88. The van der Waals surface area contributed by atoms with Gasteiger partial charge >= 0.3 is 0 Å². The molecule has 0 radical (unpaired) electrons. The number of carbonyl (C=O) groups excluding carboxylic acids is 2. The first-order chi connectivity index (χ1) is 11.0. The van der Waals surface area contributed by atoms with Gasteiger partial charge in [0.25, 0.3) is 0 Å². The maximum absolute atomic E-state index is 12.2. The monoisotopic (exact) mass is 318 g/mol. The van der Waals surface area contributed by atoms with Crippen molar-refractivity contribution in [3.63, 3.8) is 0 Å². The lowest BCUT2D eigenvalue weighted by molar-refractivity contribution is -0.126. The Labute approximate surface area is 138 Å². The van der Waals surface area contributed by atoms with Crippen LogP contribution in [0.2, 0.25) is 0 Å². The summed E-state index contributed by atoms with van der Waals surface area (Å²) in [7, 11) is 0. The van der Waals surface area contributed by atoms with Gasteiger partial charge < -0.3 is 15.0 Å². The van der Waals surface area contributed by atoms with Crippen LogP contribution in [0, 0.1) is 5.92 Å². The third-order valence-electron chi connectivity index (χ3n) is 3.84. The van der Waals surface area contributed by atoms with Gasteiger partial charge in [0.05, 0.1) is 12.5 Å². The predicted molar refractivity (Wildman–Crippen MR) is 90.6 cm³/mol. The molecule has 1 saturated heterocycles. The SMILES string of the molecule is CCCCOc1ccc(N2C[C@H](C(=O)NC(C)C)CC2=O)cc1. The standard InChI is InChI=1S/C18H26N2O3/c1-4-5-10-23-16-8-6-15(7-9-16)20-12-14(11-17(20)21)18(22)19-13(2)3/h6-9,13-14H,4-5,10-12H2,1-3H3,(H,19,22)/t14-/m1/s1. The average molecular weight is 318 g/mol. The van der Waals surface area contributed by atoms with E-state index in [2.05, 4.69) is 12.2 Å². The van der Waals surface area contributed by atoms with Gasteiger partial charge in [-0.3, -0.25) is 9.59 Å². The number of hydrogen-bond acceptors (Lipinski definition) is 3. The second kappa shape index (κ2) is 7.99. The molecule has 0 aromatic heterocycles. The van der Waals surface area contributed by atoms with E-state index in [-0.39, 0.29) is 30.2 Å². The maximum atomic E-state index is 12.2. The van der Waals surface area contributed by atoms with Crippen LogP contribution in [0.5, 0.6) is 5.75 Å². The summed E-state index contributed by atoms with van der Waals surface area (Å²) in [5.74, 6) is 0.484. The molecule has 0 spiro atoms. The number of unbranched alkanes of at least 4 members (excludes halogenated alkanes) is 1. The second-order valence-electron chi connectivity index (χ2n) is 6.26. The van der Waals surface area contributed by atoms with Gasteiger partial charge in [-0.25, -0.2) is 0 Å². The van der Waals surface area contributed by atoms with Crippen LogP contribution in [0.3, 0.4) is 0 Å². The summed E-state index contributed by atoms with van der Waals surface area (Å²) >= 11 is 0. The molecule has 1 aliphatic rings. The van der Waals surface area contributed by atoms with Gasteiger partial charge in [-0.1, -0.05) is 13.3 Å². The molecule has 1 aromatic carbocycles. The van der Waals surface area contributed by atoms with Crippen molar-refractivity contribution >= 4 is 17.5 Å². The number of benzene rings is 1. The molecule has 1 fully saturated rings. The van der Waals surface area contributed by atoms with Crippen molar-refractivity contribution in [3.8, 4) is 5.75 Å². The van der Waals surface area contributed by atoms with E-state index in [1.807, 2.05) is 38.1 Å². The van der Waals surface area contributed by atoms with Gasteiger partial charge in [-0.2, -0.15) is 0 Å². The van der Waals surface area contributed by atoms with Crippen molar-refractivity contribution < 1.29 is 14.3 Å². The van der Waals surface area contributed by atoms with Crippen LogP contribution in [-0.4, -0.2) is 31.0 Å². The lowest BCUT2D eigenvalue weighted by Gasteiger charge is -2.18. The Morgan fingerprint density at radius 3 is 2.65 bits per heavy atom.